The fraction of sp³-hybridized carbons (Fsp3) is 0.130. The first kappa shape index (κ1) is 18.3. The minimum Gasteiger partial charge on any atom is -0.492 e. The summed E-state index contributed by atoms with van der Waals surface area (Å²) in [4.78, 5) is 11.3. The summed E-state index contributed by atoms with van der Waals surface area (Å²) in [6.07, 6.45) is 5.77. The second-order valence-corrected chi connectivity index (χ2v) is 7.52. The zero-order valence-corrected chi connectivity index (χ0v) is 16.3. The zero-order valence-electron chi connectivity index (χ0n) is 15.5. The Morgan fingerprint density at radius 2 is 2.20 bits per heavy atom. The Labute approximate surface area is 177 Å². The zero-order chi connectivity index (χ0) is 20.8. The van der Waals surface area contributed by atoms with Crippen molar-refractivity contribution in [1.29, 1.82) is 5.26 Å². The van der Waals surface area contributed by atoms with Gasteiger partial charge < -0.3 is 9.84 Å². The summed E-state index contributed by atoms with van der Waals surface area (Å²) in [5, 5.41) is 25.6. The van der Waals surface area contributed by atoms with E-state index in [4.69, 9.17) is 21.4 Å². The minimum absolute atomic E-state index is 0.0683. The molecule has 0 radical (unpaired) electrons. The lowest BCUT2D eigenvalue weighted by Crippen LogP contribution is -2.39. The number of allylic oxidation sites excluding steroid dienone is 1. The van der Waals surface area contributed by atoms with Gasteiger partial charge in [0.2, 0.25) is 0 Å². The van der Waals surface area contributed by atoms with Crippen molar-refractivity contribution >= 4 is 29.0 Å². The Morgan fingerprint density at radius 1 is 1.33 bits per heavy atom. The molecule has 2 atom stereocenters. The monoisotopic (exact) mass is 415 g/mol. The summed E-state index contributed by atoms with van der Waals surface area (Å²) in [5.74, 6) is -0.564. The molecule has 5 rings (SSSR count). The van der Waals surface area contributed by atoms with Gasteiger partial charge in [0, 0.05) is 11.1 Å². The molecule has 0 bridgehead atoms. The van der Waals surface area contributed by atoms with Crippen LogP contribution in [0.4, 0.5) is 5.69 Å². The van der Waals surface area contributed by atoms with Crippen LogP contribution in [0.25, 0.3) is 0 Å². The maximum Gasteiger partial charge on any atom is 0.335 e. The number of nitrogens with zero attached hydrogens (tertiary/aromatic N) is 3. The molecular formula is C23H14ClN3O3. The Balaban J connectivity index is 1.63. The molecule has 30 heavy (non-hydrogen) atoms. The maximum absolute atomic E-state index is 11.3. The number of hydrogen-bond donors (Lipinski definition) is 1. The van der Waals surface area contributed by atoms with Crippen molar-refractivity contribution in [2.75, 3.05) is 11.6 Å². The summed E-state index contributed by atoms with van der Waals surface area (Å²) in [5.41, 5.74) is 7.15. The number of ether oxygens (including phenoxy) is 1. The Bertz CT molecular complexity index is 1260. The van der Waals surface area contributed by atoms with Crippen LogP contribution in [-0.4, -0.2) is 29.4 Å². The molecule has 7 heteroatoms. The molecule has 2 unspecified atom stereocenters. The predicted molar refractivity (Wildman–Crippen MR) is 112 cm³/mol. The van der Waals surface area contributed by atoms with E-state index in [0.29, 0.717) is 22.9 Å². The molecule has 2 heterocycles. The van der Waals surface area contributed by atoms with Crippen molar-refractivity contribution in [1.82, 2.24) is 0 Å². The van der Waals surface area contributed by atoms with E-state index in [0.717, 1.165) is 22.5 Å². The van der Waals surface area contributed by atoms with Gasteiger partial charge in [-0.2, -0.15) is 10.4 Å². The predicted octanol–water partition coefficient (Wildman–Crippen LogP) is 4.16. The maximum atomic E-state index is 11.3. The fourth-order valence-electron chi connectivity index (χ4n) is 3.99. The molecule has 146 valence electrons. The van der Waals surface area contributed by atoms with Crippen LogP contribution in [0.2, 0.25) is 5.02 Å². The third-order valence-electron chi connectivity index (χ3n) is 5.41. The summed E-state index contributed by atoms with van der Waals surface area (Å²) < 4.78 is 5.95. The van der Waals surface area contributed by atoms with Crippen LogP contribution in [0.15, 0.2) is 71.0 Å². The van der Waals surface area contributed by atoms with Crippen molar-refractivity contribution in [3.63, 3.8) is 0 Å². The number of carboxylic acid groups (broad SMARTS) is 1. The smallest absolute Gasteiger partial charge is 0.335 e. The van der Waals surface area contributed by atoms with Gasteiger partial charge in [-0.25, -0.2) is 4.79 Å². The molecule has 0 saturated carbocycles. The van der Waals surface area contributed by atoms with Crippen LogP contribution in [0.1, 0.15) is 21.5 Å². The lowest BCUT2D eigenvalue weighted by molar-refractivity contribution is 0.0696. The van der Waals surface area contributed by atoms with Crippen LogP contribution >= 0.6 is 11.6 Å². The van der Waals surface area contributed by atoms with Gasteiger partial charge in [-0.05, 0) is 48.6 Å². The van der Waals surface area contributed by atoms with Gasteiger partial charge in [0.25, 0.3) is 0 Å². The second kappa shape index (κ2) is 6.93. The van der Waals surface area contributed by atoms with E-state index in [1.165, 1.54) is 6.07 Å². The number of aromatic carboxylic acids is 1. The third-order valence-corrected chi connectivity index (χ3v) is 5.73. The molecule has 0 spiro atoms. The number of carbonyl (C=O) groups is 1. The SMILES string of the molecule is N#Cc1ccc(N2N=C3c4ccc(C(=O)O)cc4OCC3C2C2=C=CC=C2)cc1Cl. The van der Waals surface area contributed by atoms with E-state index in [9.17, 15) is 15.2 Å². The molecule has 2 aromatic carbocycles. The average Bonchev–Trinajstić information content (AvgIpc) is 3.40. The Hall–Kier alpha value is -3.78. The van der Waals surface area contributed by atoms with Gasteiger partial charge in [0.15, 0.2) is 0 Å². The number of rotatable bonds is 3. The van der Waals surface area contributed by atoms with Gasteiger partial charge in [0.05, 0.1) is 46.1 Å². The highest BCUT2D eigenvalue weighted by atomic mass is 35.5. The lowest BCUT2D eigenvalue weighted by atomic mass is 9.85. The van der Waals surface area contributed by atoms with E-state index in [1.807, 2.05) is 29.3 Å². The minimum atomic E-state index is -1.00. The van der Waals surface area contributed by atoms with Crippen molar-refractivity contribution < 1.29 is 14.6 Å². The first-order chi connectivity index (χ1) is 14.6. The molecule has 0 amide bonds. The van der Waals surface area contributed by atoms with E-state index < -0.39 is 5.97 Å². The number of nitriles is 1. The van der Waals surface area contributed by atoms with E-state index >= 15 is 0 Å². The molecule has 1 aliphatic carbocycles. The normalized spacial score (nSPS) is 20.7. The number of carboxylic acids is 1. The number of halogens is 1. The lowest BCUT2D eigenvalue weighted by Gasteiger charge is -2.30. The molecule has 0 fully saturated rings. The highest BCUT2D eigenvalue weighted by Crippen LogP contribution is 2.41. The van der Waals surface area contributed by atoms with Crippen molar-refractivity contribution in [2.45, 2.75) is 6.04 Å². The van der Waals surface area contributed by atoms with Crippen LogP contribution < -0.4 is 9.75 Å². The highest BCUT2D eigenvalue weighted by molar-refractivity contribution is 6.32. The van der Waals surface area contributed by atoms with Crippen LogP contribution in [0, 0.1) is 17.2 Å². The standard InChI is InChI=1S/C23H14ClN3O3/c24-19-10-16(7-5-15(19)11-25)27-22(13-3-1-2-4-13)18-12-30-20-9-14(23(28)29)6-8-17(20)21(18)26-27/h1-3,5-10,18,22H,12H2,(H,28,29). The molecule has 2 aliphatic heterocycles. The van der Waals surface area contributed by atoms with Crippen molar-refractivity contribution in [2.24, 2.45) is 11.0 Å². The van der Waals surface area contributed by atoms with Crippen molar-refractivity contribution in [3.8, 4) is 11.8 Å². The topological polar surface area (TPSA) is 85.9 Å². The van der Waals surface area contributed by atoms with Gasteiger partial charge in [0.1, 0.15) is 11.8 Å². The van der Waals surface area contributed by atoms with Crippen LogP contribution in [-0.2, 0) is 0 Å². The molecule has 0 aromatic heterocycles. The van der Waals surface area contributed by atoms with E-state index in [1.54, 1.807) is 24.3 Å². The largest absolute Gasteiger partial charge is 0.492 e. The van der Waals surface area contributed by atoms with E-state index in [-0.39, 0.29) is 17.5 Å². The summed E-state index contributed by atoms with van der Waals surface area (Å²) in [6.45, 7) is 0.360. The van der Waals surface area contributed by atoms with E-state index in [2.05, 4.69) is 11.8 Å². The van der Waals surface area contributed by atoms with Gasteiger partial charge in [-0.3, -0.25) is 5.01 Å². The third kappa shape index (κ3) is 2.81. The van der Waals surface area contributed by atoms with Crippen molar-refractivity contribution in [3.05, 3.63) is 87.6 Å². The molecule has 1 N–H and O–H groups in total. The number of hydrazone groups is 1. The number of benzene rings is 2. The van der Waals surface area contributed by atoms with Gasteiger partial charge in [-0.15, -0.1) is 5.73 Å². The Kier molecular flexibility index (Phi) is 4.22. The quantitative estimate of drug-likeness (QED) is 0.760. The molecular weight excluding hydrogens is 402 g/mol. The molecule has 2 aromatic rings. The highest BCUT2D eigenvalue weighted by Gasteiger charge is 2.44. The number of hydrogen-bond acceptors (Lipinski definition) is 5. The van der Waals surface area contributed by atoms with Crippen LogP contribution in [0.5, 0.6) is 5.75 Å². The first-order valence-electron chi connectivity index (χ1n) is 9.28. The number of fused-ring (bicyclic) bond motifs is 3. The average molecular weight is 416 g/mol. The van der Waals surface area contributed by atoms with Gasteiger partial charge >= 0.3 is 5.97 Å². The molecule has 6 nitrogen and oxygen atoms in total. The molecule has 3 aliphatic rings. The number of anilines is 1. The van der Waals surface area contributed by atoms with Gasteiger partial charge in [-0.1, -0.05) is 17.7 Å². The molecule has 0 saturated heterocycles. The summed E-state index contributed by atoms with van der Waals surface area (Å²) in [6, 6.07) is 12.0. The first-order valence-corrected chi connectivity index (χ1v) is 9.66. The fourth-order valence-corrected chi connectivity index (χ4v) is 4.21. The summed E-state index contributed by atoms with van der Waals surface area (Å²) >= 11 is 6.28. The van der Waals surface area contributed by atoms with Crippen LogP contribution in [0.3, 0.4) is 0 Å². The summed E-state index contributed by atoms with van der Waals surface area (Å²) in [7, 11) is 0. The Morgan fingerprint density at radius 3 is 2.90 bits per heavy atom. The second-order valence-electron chi connectivity index (χ2n) is 7.11.